The summed E-state index contributed by atoms with van der Waals surface area (Å²) in [7, 11) is 0. The molecule has 1 aliphatic heterocycles. The Morgan fingerprint density at radius 1 is 1.50 bits per heavy atom. The highest BCUT2D eigenvalue weighted by Gasteiger charge is 2.23. The molecule has 12 heavy (non-hydrogen) atoms. The average Bonchev–Trinajstić information content (AvgIpc) is 2.51. The lowest BCUT2D eigenvalue weighted by Gasteiger charge is -2.25. The minimum atomic E-state index is 0.670. The summed E-state index contributed by atoms with van der Waals surface area (Å²) in [4.78, 5) is 2.30. The van der Waals surface area contributed by atoms with Gasteiger partial charge in [-0.25, -0.2) is 0 Å². The first kappa shape index (κ1) is 9.56. The van der Waals surface area contributed by atoms with E-state index in [1.807, 2.05) is 0 Å². The van der Waals surface area contributed by atoms with E-state index in [-0.39, 0.29) is 0 Å². The van der Waals surface area contributed by atoms with Crippen LogP contribution < -0.4 is 0 Å². The number of hydrogen-bond acceptors (Lipinski definition) is 1. The van der Waals surface area contributed by atoms with Crippen molar-refractivity contribution in [3.8, 4) is 0 Å². The largest absolute Gasteiger partial charge is 0.358 e. The fraction of sp³-hybridized carbons (Fsp3) is 0.900. The van der Waals surface area contributed by atoms with E-state index >= 15 is 0 Å². The molecular weight excluding hydrogens is 148 g/mol. The molecular formula is C10H20N2. The number of likely N-dealkylation sites (tertiary alicyclic amines) is 1. The molecule has 0 aromatic heterocycles. The molecule has 1 unspecified atom stereocenters. The summed E-state index contributed by atoms with van der Waals surface area (Å²) in [6, 6.07) is 0.670. The molecule has 0 aromatic rings. The lowest BCUT2D eigenvalue weighted by atomic mass is 10.1. The predicted molar refractivity (Wildman–Crippen MR) is 52.7 cm³/mol. The highest BCUT2D eigenvalue weighted by Crippen LogP contribution is 2.20. The maximum absolute atomic E-state index is 7.85. The van der Waals surface area contributed by atoms with E-state index in [2.05, 4.69) is 18.7 Å². The van der Waals surface area contributed by atoms with Crippen molar-refractivity contribution in [2.75, 3.05) is 6.54 Å². The van der Waals surface area contributed by atoms with Gasteiger partial charge < -0.3 is 4.90 Å². The number of amidine groups is 1. The third kappa shape index (κ3) is 1.99. The number of nitrogens with zero attached hydrogens (tertiary/aromatic N) is 1. The Bertz CT molecular complexity index is 154. The van der Waals surface area contributed by atoms with Gasteiger partial charge in [0.25, 0.3) is 0 Å². The Hall–Kier alpha value is -0.530. The van der Waals surface area contributed by atoms with Crippen molar-refractivity contribution in [3.05, 3.63) is 0 Å². The van der Waals surface area contributed by atoms with Crippen LogP contribution in [0.4, 0.5) is 0 Å². The molecule has 0 aromatic carbocycles. The third-order valence-electron chi connectivity index (χ3n) is 2.68. The van der Waals surface area contributed by atoms with Crippen LogP contribution in [0.15, 0.2) is 0 Å². The summed E-state index contributed by atoms with van der Waals surface area (Å²) < 4.78 is 0. The molecule has 0 aliphatic carbocycles. The van der Waals surface area contributed by atoms with Crippen molar-refractivity contribution in [2.24, 2.45) is 0 Å². The first-order valence-corrected chi connectivity index (χ1v) is 5.13. The number of rotatable bonds is 3. The predicted octanol–water partition coefficient (Wildman–Crippen LogP) is 2.64. The zero-order chi connectivity index (χ0) is 8.97. The molecule has 0 spiro atoms. The summed E-state index contributed by atoms with van der Waals surface area (Å²) in [6.45, 7) is 5.49. The van der Waals surface area contributed by atoms with Crippen LogP contribution in [-0.2, 0) is 0 Å². The van der Waals surface area contributed by atoms with Gasteiger partial charge in [-0.05, 0) is 25.7 Å². The Morgan fingerprint density at radius 3 is 2.83 bits per heavy atom. The lowest BCUT2D eigenvalue weighted by molar-refractivity contribution is 0.369. The van der Waals surface area contributed by atoms with Gasteiger partial charge in [0, 0.05) is 19.0 Å². The fourth-order valence-electron chi connectivity index (χ4n) is 2.00. The van der Waals surface area contributed by atoms with E-state index in [1.165, 1.54) is 19.3 Å². The van der Waals surface area contributed by atoms with Crippen LogP contribution in [0, 0.1) is 5.41 Å². The van der Waals surface area contributed by atoms with Crippen LogP contribution in [0.25, 0.3) is 0 Å². The minimum absolute atomic E-state index is 0.670. The highest BCUT2D eigenvalue weighted by atomic mass is 15.2. The summed E-state index contributed by atoms with van der Waals surface area (Å²) in [5, 5.41) is 7.85. The van der Waals surface area contributed by atoms with Crippen LogP contribution in [-0.4, -0.2) is 23.3 Å². The molecule has 1 N–H and O–H groups in total. The maximum Gasteiger partial charge on any atom is 0.0960 e. The molecule has 2 heteroatoms. The van der Waals surface area contributed by atoms with Crippen molar-refractivity contribution >= 4 is 5.84 Å². The first-order chi connectivity index (χ1) is 5.79. The average molecular weight is 168 g/mol. The molecule has 1 aliphatic rings. The van der Waals surface area contributed by atoms with Gasteiger partial charge in [-0.1, -0.05) is 13.8 Å². The fourth-order valence-corrected chi connectivity index (χ4v) is 2.00. The van der Waals surface area contributed by atoms with Crippen LogP contribution >= 0.6 is 0 Å². The Balaban J connectivity index is 2.43. The molecule has 70 valence electrons. The molecule has 1 saturated heterocycles. The second-order valence-corrected chi connectivity index (χ2v) is 3.59. The Labute approximate surface area is 75.5 Å². The number of nitrogens with one attached hydrogen (secondary N) is 1. The molecule has 1 heterocycles. The Morgan fingerprint density at radius 2 is 2.25 bits per heavy atom. The molecule has 2 nitrogen and oxygen atoms in total. The third-order valence-corrected chi connectivity index (χ3v) is 2.68. The molecule has 0 bridgehead atoms. The highest BCUT2D eigenvalue weighted by molar-refractivity contribution is 5.79. The van der Waals surface area contributed by atoms with Gasteiger partial charge >= 0.3 is 0 Å². The van der Waals surface area contributed by atoms with E-state index < -0.39 is 0 Å². The van der Waals surface area contributed by atoms with Crippen LogP contribution in [0.1, 0.15) is 46.0 Å². The molecule has 1 atom stereocenters. The zero-order valence-electron chi connectivity index (χ0n) is 8.27. The van der Waals surface area contributed by atoms with E-state index in [1.54, 1.807) is 0 Å². The monoisotopic (exact) mass is 168 g/mol. The van der Waals surface area contributed by atoms with Gasteiger partial charge in [-0.15, -0.1) is 0 Å². The molecule has 1 rings (SSSR count). The minimum Gasteiger partial charge on any atom is -0.358 e. The van der Waals surface area contributed by atoms with Crippen LogP contribution in [0.5, 0.6) is 0 Å². The van der Waals surface area contributed by atoms with Gasteiger partial charge in [0.1, 0.15) is 0 Å². The van der Waals surface area contributed by atoms with E-state index in [9.17, 15) is 0 Å². The van der Waals surface area contributed by atoms with Crippen molar-refractivity contribution < 1.29 is 0 Å². The molecule has 0 saturated carbocycles. The van der Waals surface area contributed by atoms with E-state index in [0.29, 0.717) is 6.04 Å². The van der Waals surface area contributed by atoms with Crippen molar-refractivity contribution in [2.45, 2.75) is 52.0 Å². The first-order valence-electron chi connectivity index (χ1n) is 5.13. The standard InChI is InChI=1S/C10H20N2/c1-3-6-10(11)12-8-5-7-9(12)4-2/h9,11H,3-8H2,1-2H3. The van der Waals surface area contributed by atoms with Gasteiger partial charge in [-0.2, -0.15) is 0 Å². The van der Waals surface area contributed by atoms with Crippen molar-refractivity contribution in [1.29, 1.82) is 5.41 Å². The summed E-state index contributed by atoms with van der Waals surface area (Å²) in [6.07, 6.45) is 5.83. The van der Waals surface area contributed by atoms with Gasteiger partial charge in [0.05, 0.1) is 5.84 Å². The molecule has 0 amide bonds. The second-order valence-electron chi connectivity index (χ2n) is 3.59. The summed E-state index contributed by atoms with van der Waals surface area (Å²) >= 11 is 0. The lowest BCUT2D eigenvalue weighted by Crippen LogP contribution is -2.34. The van der Waals surface area contributed by atoms with Crippen molar-refractivity contribution in [1.82, 2.24) is 4.90 Å². The van der Waals surface area contributed by atoms with Gasteiger partial charge in [0.2, 0.25) is 0 Å². The van der Waals surface area contributed by atoms with Crippen LogP contribution in [0.2, 0.25) is 0 Å². The second kappa shape index (κ2) is 4.48. The van der Waals surface area contributed by atoms with Gasteiger partial charge in [0.15, 0.2) is 0 Å². The Kier molecular flexibility index (Phi) is 3.57. The number of hydrogen-bond donors (Lipinski definition) is 1. The van der Waals surface area contributed by atoms with E-state index in [0.717, 1.165) is 25.2 Å². The topological polar surface area (TPSA) is 27.1 Å². The van der Waals surface area contributed by atoms with E-state index in [4.69, 9.17) is 5.41 Å². The molecule has 1 fully saturated rings. The zero-order valence-corrected chi connectivity index (χ0v) is 8.27. The maximum atomic E-state index is 7.85. The smallest absolute Gasteiger partial charge is 0.0960 e. The normalized spacial score (nSPS) is 23.2. The SMILES string of the molecule is CCCC(=N)N1CCCC1CC. The van der Waals surface area contributed by atoms with Crippen molar-refractivity contribution in [3.63, 3.8) is 0 Å². The summed E-state index contributed by atoms with van der Waals surface area (Å²) in [5.74, 6) is 0.863. The summed E-state index contributed by atoms with van der Waals surface area (Å²) in [5.41, 5.74) is 0. The van der Waals surface area contributed by atoms with Gasteiger partial charge in [-0.3, -0.25) is 5.41 Å². The van der Waals surface area contributed by atoms with Crippen LogP contribution in [0.3, 0.4) is 0 Å². The molecule has 0 radical (unpaired) electrons. The quantitative estimate of drug-likeness (QED) is 0.509.